The molecule has 1 aromatic rings. The lowest BCUT2D eigenvalue weighted by atomic mass is 10.1. The molecule has 24 heavy (non-hydrogen) atoms. The lowest BCUT2D eigenvalue weighted by molar-refractivity contribution is -0.125. The Morgan fingerprint density at radius 2 is 1.96 bits per heavy atom. The molecule has 3 aliphatic heterocycles. The van der Waals surface area contributed by atoms with Crippen molar-refractivity contribution in [3.63, 3.8) is 0 Å². The number of hydrogen-bond acceptors (Lipinski definition) is 4. The van der Waals surface area contributed by atoms with Crippen LogP contribution in [0.2, 0.25) is 0 Å². The number of hydrogen-bond donors (Lipinski definition) is 0. The van der Waals surface area contributed by atoms with Crippen LogP contribution in [0.4, 0.5) is 0 Å². The van der Waals surface area contributed by atoms with Gasteiger partial charge in [0.1, 0.15) is 5.75 Å². The molecule has 3 fully saturated rings. The first-order chi connectivity index (χ1) is 11.6. The topological polar surface area (TPSA) is 32.8 Å². The molecule has 0 saturated carbocycles. The van der Waals surface area contributed by atoms with Gasteiger partial charge in [-0.25, -0.2) is 0 Å². The third-order valence-electron chi connectivity index (χ3n) is 5.18. The minimum Gasteiger partial charge on any atom is -0.497 e. The number of ether oxygens (including phenoxy) is 1. The highest BCUT2D eigenvalue weighted by Gasteiger charge is 2.40. The standard InChI is InChI=1S/C20H28N2O2/c1-15(2)10-11-21-14-19-20(23)9-6-17(21)13-22(19)12-16-4-7-18(24-3)8-5-16/h4-5,7-8,10,17,19H,6,9,11-14H2,1-3H3/t17-,19+/m0/s1. The summed E-state index contributed by atoms with van der Waals surface area (Å²) in [6.07, 6.45) is 3.99. The SMILES string of the molecule is COc1ccc(CN2C[C@@H]3CCC(=O)[C@H]2CN3CC=C(C)C)cc1. The van der Waals surface area contributed by atoms with Gasteiger partial charge in [-0.05, 0) is 38.0 Å². The van der Waals surface area contributed by atoms with E-state index in [0.29, 0.717) is 11.8 Å². The predicted molar refractivity (Wildman–Crippen MR) is 96.2 cm³/mol. The van der Waals surface area contributed by atoms with Crippen molar-refractivity contribution >= 4 is 5.78 Å². The first-order valence-corrected chi connectivity index (χ1v) is 8.84. The van der Waals surface area contributed by atoms with E-state index in [0.717, 1.165) is 44.8 Å². The fourth-order valence-electron chi connectivity index (χ4n) is 3.72. The highest BCUT2D eigenvalue weighted by atomic mass is 16.5. The molecule has 130 valence electrons. The molecule has 4 heteroatoms. The normalized spacial score (nSPS) is 24.7. The van der Waals surface area contributed by atoms with E-state index >= 15 is 0 Å². The van der Waals surface area contributed by atoms with Gasteiger partial charge in [0.05, 0.1) is 13.2 Å². The zero-order chi connectivity index (χ0) is 17.1. The van der Waals surface area contributed by atoms with E-state index in [1.54, 1.807) is 7.11 Å². The van der Waals surface area contributed by atoms with Crippen LogP contribution in [0.3, 0.4) is 0 Å². The summed E-state index contributed by atoms with van der Waals surface area (Å²) in [5.41, 5.74) is 2.59. The molecule has 3 aliphatic rings. The monoisotopic (exact) mass is 328 g/mol. The number of Topliss-reactive ketones (excluding diaryl/α,β-unsaturated/α-hetero) is 1. The predicted octanol–water partition coefficient (Wildman–Crippen LogP) is 2.88. The van der Waals surface area contributed by atoms with Gasteiger partial charge >= 0.3 is 0 Å². The van der Waals surface area contributed by atoms with Gasteiger partial charge in [-0.3, -0.25) is 14.6 Å². The molecule has 3 saturated heterocycles. The summed E-state index contributed by atoms with van der Waals surface area (Å²) in [6, 6.07) is 8.71. The molecule has 0 aromatic heterocycles. The second-order valence-corrected chi connectivity index (χ2v) is 7.19. The van der Waals surface area contributed by atoms with E-state index in [2.05, 4.69) is 41.9 Å². The number of fused-ring (bicyclic) bond motifs is 4. The van der Waals surface area contributed by atoms with Gasteiger partial charge in [-0.1, -0.05) is 23.8 Å². The summed E-state index contributed by atoms with van der Waals surface area (Å²) in [7, 11) is 1.68. The van der Waals surface area contributed by atoms with E-state index < -0.39 is 0 Å². The summed E-state index contributed by atoms with van der Waals surface area (Å²) < 4.78 is 5.23. The average Bonchev–Trinajstić information content (AvgIpc) is 2.82. The zero-order valence-electron chi connectivity index (χ0n) is 15.0. The van der Waals surface area contributed by atoms with Gasteiger partial charge in [0.2, 0.25) is 0 Å². The van der Waals surface area contributed by atoms with Crippen molar-refractivity contribution in [3.05, 3.63) is 41.5 Å². The number of carbonyl (C=O) groups is 1. The van der Waals surface area contributed by atoms with Crippen molar-refractivity contribution in [1.82, 2.24) is 9.80 Å². The van der Waals surface area contributed by atoms with E-state index in [-0.39, 0.29) is 6.04 Å². The number of rotatable bonds is 5. The van der Waals surface area contributed by atoms with Crippen LogP contribution < -0.4 is 4.74 Å². The van der Waals surface area contributed by atoms with Crippen LogP contribution >= 0.6 is 0 Å². The highest BCUT2D eigenvalue weighted by molar-refractivity contribution is 5.85. The van der Waals surface area contributed by atoms with E-state index in [1.807, 2.05) is 12.1 Å². The molecule has 0 N–H and O–H groups in total. The van der Waals surface area contributed by atoms with E-state index in [1.165, 1.54) is 11.1 Å². The van der Waals surface area contributed by atoms with Crippen LogP contribution in [-0.4, -0.2) is 54.4 Å². The van der Waals surface area contributed by atoms with Gasteiger partial charge < -0.3 is 4.74 Å². The summed E-state index contributed by atoms with van der Waals surface area (Å²) >= 11 is 0. The summed E-state index contributed by atoms with van der Waals surface area (Å²) in [5, 5.41) is 0. The molecule has 4 rings (SSSR count). The first-order valence-electron chi connectivity index (χ1n) is 8.84. The Kier molecular flexibility index (Phi) is 5.36. The average molecular weight is 328 g/mol. The fourth-order valence-corrected chi connectivity index (χ4v) is 3.72. The molecular formula is C20H28N2O2. The van der Waals surface area contributed by atoms with Crippen LogP contribution in [0.1, 0.15) is 32.3 Å². The Labute approximate surface area is 145 Å². The number of ketones is 1. The Morgan fingerprint density at radius 1 is 1.21 bits per heavy atom. The number of methoxy groups -OCH3 is 1. The third kappa shape index (κ3) is 3.87. The molecule has 0 radical (unpaired) electrons. The molecule has 2 atom stereocenters. The van der Waals surface area contributed by atoms with Gasteiger partial charge in [-0.15, -0.1) is 0 Å². The van der Waals surface area contributed by atoms with Crippen molar-refractivity contribution in [1.29, 1.82) is 0 Å². The van der Waals surface area contributed by atoms with Crippen molar-refractivity contribution in [3.8, 4) is 5.75 Å². The number of nitrogens with zero attached hydrogens (tertiary/aromatic N) is 2. The van der Waals surface area contributed by atoms with Gasteiger partial charge in [-0.2, -0.15) is 0 Å². The molecule has 0 amide bonds. The quantitative estimate of drug-likeness (QED) is 0.778. The van der Waals surface area contributed by atoms with Crippen LogP contribution in [0.5, 0.6) is 5.75 Å². The maximum atomic E-state index is 12.6. The van der Waals surface area contributed by atoms with Gasteiger partial charge in [0.25, 0.3) is 0 Å². The van der Waals surface area contributed by atoms with Crippen LogP contribution in [0, 0.1) is 0 Å². The Morgan fingerprint density at radius 3 is 2.62 bits per heavy atom. The number of benzene rings is 1. The Balaban J connectivity index is 1.71. The molecule has 0 unspecified atom stereocenters. The van der Waals surface area contributed by atoms with Crippen molar-refractivity contribution in [2.24, 2.45) is 0 Å². The summed E-state index contributed by atoms with van der Waals surface area (Å²) in [5.74, 6) is 1.28. The number of carbonyl (C=O) groups excluding carboxylic acids is 1. The molecular weight excluding hydrogens is 300 g/mol. The van der Waals surface area contributed by atoms with E-state index in [4.69, 9.17) is 4.74 Å². The Hall–Kier alpha value is -1.65. The van der Waals surface area contributed by atoms with Crippen molar-refractivity contribution in [2.75, 3.05) is 26.7 Å². The minimum atomic E-state index is 0.0383. The number of piperazine rings is 1. The summed E-state index contributed by atoms with van der Waals surface area (Å²) in [4.78, 5) is 17.4. The number of allylic oxidation sites excluding steroid dienone is 1. The maximum absolute atomic E-state index is 12.6. The lowest BCUT2D eigenvalue weighted by Crippen LogP contribution is -2.57. The molecule has 4 nitrogen and oxygen atoms in total. The van der Waals surface area contributed by atoms with Crippen molar-refractivity contribution < 1.29 is 9.53 Å². The molecule has 3 heterocycles. The summed E-state index contributed by atoms with van der Waals surface area (Å²) in [6.45, 7) is 7.93. The third-order valence-corrected chi connectivity index (χ3v) is 5.18. The van der Waals surface area contributed by atoms with Crippen LogP contribution in [0.25, 0.3) is 0 Å². The molecule has 0 aliphatic carbocycles. The second-order valence-electron chi connectivity index (χ2n) is 7.19. The van der Waals surface area contributed by atoms with Crippen LogP contribution in [-0.2, 0) is 11.3 Å². The maximum Gasteiger partial charge on any atom is 0.151 e. The second kappa shape index (κ2) is 7.49. The molecule has 0 spiro atoms. The first kappa shape index (κ1) is 17.2. The van der Waals surface area contributed by atoms with E-state index in [9.17, 15) is 4.79 Å². The fraction of sp³-hybridized carbons (Fsp3) is 0.550. The molecule has 2 bridgehead atoms. The van der Waals surface area contributed by atoms with Crippen molar-refractivity contribution in [2.45, 2.75) is 45.3 Å². The smallest absolute Gasteiger partial charge is 0.151 e. The lowest BCUT2D eigenvalue weighted by Gasteiger charge is -2.43. The Bertz CT molecular complexity index is 605. The highest BCUT2D eigenvalue weighted by Crippen LogP contribution is 2.27. The minimum absolute atomic E-state index is 0.0383. The van der Waals surface area contributed by atoms with Crippen LogP contribution in [0.15, 0.2) is 35.9 Å². The van der Waals surface area contributed by atoms with Gasteiger partial charge in [0, 0.05) is 38.6 Å². The molecule has 1 aromatic carbocycles. The largest absolute Gasteiger partial charge is 0.497 e. The van der Waals surface area contributed by atoms with Gasteiger partial charge in [0.15, 0.2) is 5.78 Å². The zero-order valence-corrected chi connectivity index (χ0v) is 15.0.